The Labute approximate surface area is 103 Å². The van der Waals surface area contributed by atoms with Crippen LogP contribution in [0.25, 0.3) is 0 Å². The molecule has 0 saturated carbocycles. The molecule has 0 amide bonds. The first-order valence-corrected chi connectivity index (χ1v) is 7.06. The summed E-state index contributed by atoms with van der Waals surface area (Å²) < 4.78 is 0. The van der Waals surface area contributed by atoms with Crippen LogP contribution < -0.4 is 5.73 Å². The van der Waals surface area contributed by atoms with Crippen LogP contribution in [-0.2, 0) is 6.42 Å². The Morgan fingerprint density at radius 1 is 1.50 bits per heavy atom. The first kappa shape index (κ1) is 13.7. The lowest BCUT2D eigenvalue weighted by atomic mass is 10.1. The molecule has 0 aliphatic rings. The van der Waals surface area contributed by atoms with E-state index < -0.39 is 0 Å². The Hall–Kier alpha value is -0.380. The second-order valence-electron chi connectivity index (χ2n) is 4.49. The van der Waals surface area contributed by atoms with Crippen molar-refractivity contribution in [3.8, 4) is 0 Å². The molecule has 1 rings (SSSR count). The summed E-state index contributed by atoms with van der Waals surface area (Å²) in [5, 5.41) is 2.14. The first-order valence-electron chi connectivity index (χ1n) is 6.19. The van der Waals surface area contributed by atoms with Gasteiger partial charge in [-0.25, -0.2) is 0 Å². The largest absolute Gasteiger partial charge is 0.327 e. The van der Waals surface area contributed by atoms with Gasteiger partial charge in [0.1, 0.15) is 0 Å². The van der Waals surface area contributed by atoms with Crippen molar-refractivity contribution in [3.05, 3.63) is 22.4 Å². The molecule has 1 atom stereocenters. The predicted octanol–water partition coefficient (Wildman–Crippen LogP) is 2.74. The minimum absolute atomic E-state index is 0.341. The topological polar surface area (TPSA) is 29.3 Å². The Bertz CT molecular complexity index is 259. The van der Waals surface area contributed by atoms with E-state index in [0.717, 1.165) is 25.9 Å². The molecule has 1 aromatic heterocycles. The van der Waals surface area contributed by atoms with Crippen LogP contribution in [-0.4, -0.2) is 31.1 Å². The highest BCUT2D eigenvalue weighted by Gasteiger charge is 2.06. The van der Waals surface area contributed by atoms with Crippen LogP contribution in [0.2, 0.25) is 0 Å². The number of likely N-dealkylation sites (N-methyl/N-ethyl adjacent to an activating group) is 1. The number of nitrogens with zero attached hydrogens (tertiary/aromatic N) is 1. The van der Waals surface area contributed by atoms with E-state index in [2.05, 4.69) is 36.4 Å². The number of hydrogen-bond donors (Lipinski definition) is 1. The van der Waals surface area contributed by atoms with Crippen molar-refractivity contribution < 1.29 is 0 Å². The van der Waals surface area contributed by atoms with Gasteiger partial charge in [-0.2, -0.15) is 0 Å². The van der Waals surface area contributed by atoms with Crippen molar-refractivity contribution in [3.63, 3.8) is 0 Å². The zero-order chi connectivity index (χ0) is 11.8. The maximum absolute atomic E-state index is 6.07. The predicted molar refractivity (Wildman–Crippen MR) is 73.0 cm³/mol. The second kappa shape index (κ2) is 7.82. The standard InChI is InChI=1S/C13H24N2S/c1-3-4-6-12(14)11-15(2)9-8-13-7-5-10-16-13/h5,7,10,12H,3-4,6,8-9,11,14H2,1-2H3. The van der Waals surface area contributed by atoms with Gasteiger partial charge in [-0.3, -0.25) is 0 Å². The van der Waals surface area contributed by atoms with Crippen molar-refractivity contribution in [1.29, 1.82) is 0 Å². The summed E-state index contributed by atoms with van der Waals surface area (Å²) in [5.41, 5.74) is 6.07. The number of rotatable bonds is 8. The minimum Gasteiger partial charge on any atom is -0.327 e. The Balaban J connectivity index is 2.12. The molecular formula is C13H24N2S. The van der Waals surface area contributed by atoms with Crippen LogP contribution >= 0.6 is 11.3 Å². The lowest BCUT2D eigenvalue weighted by molar-refractivity contribution is 0.306. The van der Waals surface area contributed by atoms with E-state index in [0.29, 0.717) is 6.04 Å². The fraction of sp³-hybridized carbons (Fsp3) is 0.692. The average molecular weight is 240 g/mol. The molecule has 0 aliphatic carbocycles. The van der Waals surface area contributed by atoms with Gasteiger partial charge < -0.3 is 10.6 Å². The average Bonchev–Trinajstić information content (AvgIpc) is 2.76. The summed E-state index contributed by atoms with van der Waals surface area (Å²) in [6, 6.07) is 4.66. The van der Waals surface area contributed by atoms with Gasteiger partial charge in [-0.1, -0.05) is 25.8 Å². The van der Waals surface area contributed by atoms with Crippen molar-refractivity contribution in [2.75, 3.05) is 20.1 Å². The van der Waals surface area contributed by atoms with Gasteiger partial charge in [0.05, 0.1) is 0 Å². The van der Waals surface area contributed by atoms with Crippen molar-refractivity contribution >= 4 is 11.3 Å². The Morgan fingerprint density at radius 2 is 2.31 bits per heavy atom. The molecule has 1 aromatic rings. The van der Waals surface area contributed by atoms with Crippen molar-refractivity contribution in [1.82, 2.24) is 4.90 Å². The number of nitrogens with two attached hydrogens (primary N) is 1. The third kappa shape index (κ3) is 5.64. The summed E-state index contributed by atoms with van der Waals surface area (Å²) in [6.07, 6.45) is 4.79. The minimum atomic E-state index is 0.341. The maximum atomic E-state index is 6.07. The van der Waals surface area contributed by atoms with Crippen LogP contribution in [0.3, 0.4) is 0 Å². The molecule has 2 N–H and O–H groups in total. The molecule has 92 valence electrons. The summed E-state index contributed by atoms with van der Waals surface area (Å²) in [7, 11) is 2.17. The smallest absolute Gasteiger partial charge is 0.0167 e. The van der Waals surface area contributed by atoms with E-state index in [1.54, 1.807) is 0 Å². The van der Waals surface area contributed by atoms with Crippen LogP contribution in [0, 0.1) is 0 Å². The van der Waals surface area contributed by atoms with Gasteiger partial charge in [-0.15, -0.1) is 11.3 Å². The third-order valence-corrected chi connectivity index (χ3v) is 3.73. The molecule has 0 spiro atoms. The van der Waals surface area contributed by atoms with Crippen molar-refractivity contribution in [2.45, 2.75) is 38.6 Å². The number of hydrogen-bond acceptors (Lipinski definition) is 3. The van der Waals surface area contributed by atoms with Gasteiger partial charge >= 0.3 is 0 Å². The Kier molecular flexibility index (Phi) is 6.69. The highest BCUT2D eigenvalue weighted by Crippen LogP contribution is 2.09. The van der Waals surface area contributed by atoms with E-state index in [1.807, 2.05) is 11.3 Å². The summed E-state index contributed by atoms with van der Waals surface area (Å²) in [4.78, 5) is 3.81. The normalized spacial score (nSPS) is 13.2. The van der Waals surface area contributed by atoms with Gasteiger partial charge in [0.2, 0.25) is 0 Å². The highest BCUT2D eigenvalue weighted by molar-refractivity contribution is 7.09. The lowest BCUT2D eigenvalue weighted by Gasteiger charge is -2.20. The summed E-state index contributed by atoms with van der Waals surface area (Å²) >= 11 is 1.84. The number of thiophene rings is 1. The summed E-state index contributed by atoms with van der Waals surface area (Å²) in [5.74, 6) is 0. The fourth-order valence-corrected chi connectivity index (χ4v) is 2.50. The quantitative estimate of drug-likeness (QED) is 0.757. The molecule has 16 heavy (non-hydrogen) atoms. The molecule has 1 unspecified atom stereocenters. The highest BCUT2D eigenvalue weighted by atomic mass is 32.1. The molecule has 1 heterocycles. The van der Waals surface area contributed by atoms with Crippen LogP contribution in [0.4, 0.5) is 0 Å². The van der Waals surface area contributed by atoms with E-state index in [9.17, 15) is 0 Å². The van der Waals surface area contributed by atoms with E-state index in [1.165, 1.54) is 17.7 Å². The summed E-state index contributed by atoms with van der Waals surface area (Å²) in [6.45, 7) is 4.35. The molecule has 0 bridgehead atoms. The molecule has 0 fully saturated rings. The maximum Gasteiger partial charge on any atom is 0.0167 e. The third-order valence-electron chi connectivity index (χ3n) is 2.79. The van der Waals surface area contributed by atoms with Crippen molar-refractivity contribution in [2.24, 2.45) is 5.73 Å². The van der Waals surface area contributed by atoms with E-state index >= 15 is 0 Å². The second-order valence-corrected chi connectivity index (χ2v) is 5.53. The first-order chi connectivity index (χ1) is 7.72. The molecule has 0 aromatic carbocycles. The zero-order valence-corrected chi connectivity index (χ0v) is 11.3. The van der Waals surface area contributed by atoms with Gasteiger partial charge in [0.25, 0.3) is 0 Å². The molecule has 0 aliphatic heterocycles. The van der Waals surface area contributed by atoms with Gasteiger partial charge in [0, 0.05) is 24.0 Å². The fourth-order valence-electron chi connectivity index (χ4n) is 1.81. The molecule has 0 radical (unpaired) electrons. The van der Waals surface area contributed by atoms with Crippen LogP contribution in [0.15, 0.2) is 17.5 Å². The molecule has 3 heteroatoms. The van der Waals surface area contributed by atoms with Crippen LogP contribution in [0.5, 0.6) is 0 Å². The van der Waals surface area contributed by atoms with E-state index in [-0.39, 0.29) is 0 Å². The molecular weight excluding hydrogens is 216 g/mol. The molecule has 2 nitrogen and oxygen atoms in total. The van der Waals surface area contributed by atoms with Gasteiger partial charge in [-0.05, 0) is 31.3 Å². The zero-order valence-electron chi connectivity index (χ0n) is 10.5. The monoisotopic (exact) mass is 240 g/mol. The Morgan fingerprint density at radius 3 is 2.94 bits per heavy atom. The molecule has 0 saturated heterocycles. The van der Waals surface area contributed by atoms with Crippen LogP contribution in [0.1, 0.15) is 31.1 Å². The lowest BCUT2D eigenvalue weighted by Crippen LogP contribution is -2.36. The number of unbranched alkanes of at least 4 members (excludes halogenated alkanes) is 1. The van der Waals surface area contributed by atoms with Gasteiger partial charge in [0.15, 0.2) is 0 Å². The van der Waals surface area contributed by atoms with E-state index in [4.69, 9.17) is 5.73 Å². The SMILES string of the molecule is CCCCC(N)CN(C)CCc1cccs1.